The van der Waals surface area contributed by atoms with Crippen molar-refractivity contribution in [1.29, 1.82) is 0 Å². The largest absolute Gasteiger partial charge is 0.396 e. The Kier molecular flexibility index (Phi) is 9.97. The van der Waals surface area contributed by atoms with Gasteiger partial charge >= 0.3 is 0 Å². The van der Waals surface area contributed by atoms with Crippen molar-refractivity contribution in [2.75, 3.05) is 12.9 Å². The van der Waals surface area contributed by atoms with Crippen LogP contribution in [0.3, 0.4) is 0 Å². The molecule has 156 valence electrons. The maximum atomic E-state index is 11.9. The number of sulfone groups is 1. The van der Waals surface area contributed by atoms with E-state index in [0.717, 1.165) is 57.0 Å². The van der Waals surface area contributed by atoms with E-state index in [2.05, 4.69) is 5.16 Å². The summed E-state index contributed by atoms with van der Waals surface area (Å²) < 4.78 is 27.4. The average molecular weight is 405 g/mol. The summed E-state index contributed by atoms with van der Waals surface area (Å²) in [5.41, 5.74) is 2.03. The highest BCUT2D eigenvalue weighted by atomic mass is 32.2. The van der Waals surface area contributed by atoms with Crippen molar-refractivity contribution in [2.24, 2.45) is 0 Å². The SMILES string of the molecule is CC(CCc1cc(CCCCCCCCCO)on1)(C(=O)NO)S(C)(=O)=O. The van der Waals surface area contributed by atoms with E-state index in [4.69, 9.17) is 14.8 Å². The minimum atomic E-state index is -3.71. The molecule has 0 aromatic carbocycles. The number of hydrogen-bond acceptors (Lipinski definition) is 7. The number of aliphatic hydroxyl groups excluding tert-OH is 1. The summed E-state index contributed by atoms with van der Waals surface area (Å²) in [5, 5.41) is 21.5. The third-order valence-corrected chi connectivity index (χ3v) is 6.97. The van der Waals surface area contributed by atoms with Crippen molar-refractivity contribution in [3.8, 4) is 0 Å². The van der Waals surface area contributed by atoms with E-state index in [1.54, 1.807) is 6.07 Å². The molecule has 0 aliphatic heterocycles. The Morgan fingerprint density at radius 3 is 2.30 bits per heavy atom. The second-order valence-electron chi connectivity index (χ2n) is 7.18. The molecule has 1 unspecified atom stereocenters. The van der Waals surface area contributed by atoms with E-state index < -0.39 is 20.5 Å². The summed E-state index contributed by atoms with van der Waals surface area (Å²) in [6.45, 7) is 1.55. The molecular formula is C18H32N2O6S. The van der Waals surface area contributed by atoms with Crippen LogP contribution in [0.5, 0.6) is 0 Å². The molecule has 9 heteroatoms. The monoisotopic (exact) mass is 404 g/mol. The summed E-state index contributed by atoms with van der Waals surface area (Å²) in [6.07, 6.45) is 9.48. The van der Waals surface area contributed by atoms with Gasteiger partial charge in [-0.2, -0.15) is 0 Å². The molecule has 0 spiro atoms. The van der Waals surface area contributed by atoms with Gasteiger partial charge in [0.15, 0.2) is 9.84 Å². The van der Waals surface area contributed by atoms with Crippen LogP contribution in [0.15, 0.2) is 10.6 Å². The number of aromatic nitrogens is 1. The number of nitrogens with zero attached hydrogens (tertiary/aromatic N) is 1. The standard InChI is InChI=1S/C18H32N2O6S/c1-18(17(22)19-23,27(2,24)25)12-11-15-14-16(26-20-15)10-8-6-4-3-5-7-9-13-21/h14,21,23H,3-13H2,1-2H3,(H,19,22). The van der Waals surface area contributed by atoms with Crippen LogP contribution >= 0.6 is 0 Å². The zero-order chi connectivity index (χ0) is 20.3. The molecule has 1 aromatic heterocycles. The maximum Gasteiger partial charge on any atom is 0.264 e. The Bertz CT molecular complexity index is 673. The van der Waals surface area contributed by atoms with Crippen molar-refractivity contribution in [2.45, 2.75) is 75.9 Å². The number of rotatable bonds is 14. The predicted molar refractivity (Wildman–Crippen MR) is 101 cm³/mol. The lowest BCUT2D eigenvalue weighted by Gasteiger charge is -2.24. The maximum absolute atomic E-state index is 11.9. The normalized spacial score (nSPS) is 14.1. The van der Waals surface area contributed by atoms with Crippen LogP contribution in [0.1, 0.15) is 69.7 Å². The first kappa shape index (κ1) is 23.6. The summed E-state index contributed by atoms with van der Waals surface area (Å²) in [4.78, 5) is 11.8. The predicted octanol–water partition coefficient (Wildman–Crippen LogP) is 2.18. The van der Waals surface area contributed by atoms with Crippen molar-refractivity contribution in [3.63, 3.8) is 0 Å². The molecule has 0 bridgehead atoms. The fourth-order valence-electron chi connectivity index (χ4n) is 2.84. The lowest BCUT2D eigenvalue weighted by Crippen LogP contribution is -2.49. The van der Waals surface area contributed by atoms with E-state index >= 15 is 0 Å². The summed E-state index contributed by atoms with van der Waals surface area (Å²) >= 11 is 0. The Morgan fingerprint density at radius 1 is 1.15 bits per heavy atom. The fourth-order valence-corrected chi connectivity index (χ4v) is 3.69. The quantitative estimate of drug-likeness (QED) is 0.246. The molecule has 1 aromatic rings. The van der Waals surface area contributed by atoms with E-state index in [1.807, 2.05) is 0 Å². The van der Waals surface area contributed by atoms with E-state index in [9.17, 15) is 13.2 Å². The molecule has 0 radical (unpaired) electrons. The summed E-state index contributed by atoms with van der Waals surface area (Å²) in [7, 11) is -3.71. The smallest absolute Gasteiger partial charge is 0.264 e. The van der Waals surface area contributed by atoms with Gasteiger partial charge in [-0.25, -0.2) is 13.9 Å². The fraction of sp³-hybridized carbons (Fsp3) is 0.778. The van der Waals surface area contributed by atoms with Gasteiger partial charge in [0.05, 0.1) is 5.69 Å². The first-order chi connectivity index (χ1) is 12.7. The van der Waals surface area contributed by atoms with E-state index in [-0.39, 0.29) is 19.4 Å². The van der Waals surface area contributed by atoms with Gasteiger partial charge in [0.1, 0.15) is 10.5 Å². The van der Waals surface area contributed by atoms with Gasteiger partial charge in [0.25, 0.3) is 5.91 Å². The molecule has 1 rings (SSSR count). The molecule has 0 aliphatic rings. The number of amides is 1. The molecule has 3 N–H and O–H groups in total. The van der Waals surface area contributed by atoms with Crippen LogP contribution < -0.4 is 5.48 Å². The van der Waals surface area contributed by atoms with Gasteiger partial charge < -0.3 is 9.63 Å². The van der Waals surface area contributed by atoms with Crippen LogP contribution in [-0.2, 0) is 27.5 Å². The van der Waals surface area contributed by atoms with Crippen molar-refractivity contribution in [1.82, 2.24) is 10.6 Å². The van der Waals surface area contributed by atoms with Crippen LogP contribution in [0, 0.1) is 0 Å². The van der Waals surface area contributed by atoms with E-state index in [0.29, 0.717) is 5.69 Å². The Balaban J connectivity index is 2.41. The van der Waals surface area contributed by atoms with Crippen LogP contribution in [-0.4, -0.2) is 47.4 Å². The van der Waals surface area contributed by atoms with Crippen molar-refractivity contribution >= 4 is 15.7 Å². The average Bonchev–Trinajstić information content (AvgIpc) is 3.08. The molecule has 0 saturated carbocycles. The third-order valence-electron chi connectivity index (χ3n) is 4.95. The molecule has 0 aliphatic carbocycles. The zero-order valence-corrected chi connectivity index (χ0v) is 17.1. The van der Waals surface area contributed by atoms with Gasteiger partial charge in [0, 0.05) is 25.3 Å². The number of aliphatic hydroxyl groups is 1. The highest BCUT2D eigenvalue weighted by molar-refractivity contribution is 7.92. The highest BCUT2D eigenvalue weighted by Gasteiger charge is 2.43. The van der Waals surface area contributed by atoms with Gasteiger partial charge in [-0.05, 0) is 32.6 Å². The van der Waals surface area contributed by atoms with Gasteiger partial charge in [-0.15, -0.1) is 0 Å². The third kappa shape index (κ3) is 7.59. The topological polar surface area (TPSA) is 130 Å². The summed E-state index contributed by atoms with van der Waals surface area (Å²) in [5.74, 6) is -0.203. The molecule has 0 fully saturated rings. The minimum Gasteiger partial charge on any atom is -0.396 e. The van der Waals surface area contributed by atoms with Crippen LogP contribution in [0.25, 0.3) is 0 Å². The second kappa shape index (κ2) is 11.4. The number of aryl methyl sites for hydroxylation is 2. The van der Waals surface area contributed by atoms with E-state index in [1.165, 1.54) is 18.8 Å². The number of carbonyl (C=O) groups excluding carboxylic acids is 1. The molecule has 8 nitrogen and oxygen atoms in total. The Labute approximate surface area is 161 Å². The first-order valence-corrected chi connectivity index (χ1v) is 11.3. The zero-order valence-electron chi connectivity index (χ0n) is 16.2. The first-order valence-electron chi connectivity index (χ1n) is 9.44. The van der Waals surface area contributed by atoms with Crippen molar-refractivity contribution < 1.29 is 28.0 Å². The number of unbranched alkanes of at least 4 members (excludes halogenated alkanes) is 6. The molecule has 0 saturated heterocycles. The minimum absolute atomic E-state index is 0.00194. The molecular weight excluding hydrogens is 372 g/mol. The van der Waals surface area contributed by atoms with Gasteiger partial charge in [-0.3, -0.25) is 10.0 Å². The molecule has 1 atom stereocenters. The molecule has 27 heavy (non-hydrogen) atoms. The number of hydroxylamine groups is 1. The number of carbonyl (C=O) groups is 1. The number of hydrogen-bond donors (Lipinski definition) is 3. The second-order valence-corrected chi connectivity index (χ2v) is 9.62. The molecule has 1 amide bonds. The Morgan fingerprint density at radius 2 is 1.74 bits per heavy atom. The van der Waals surface area contributed by atoms with Crippen molar-refractivity contribution in [3.05, 3.63) is 17.5 Å². The van der Waals surface area contributed by atoms with Gasteiger partial charge in [0.2, 0.25) is 0 Å². The lowest BCUT2D eigenvalue weighted by atomic mass is 10.0. The number of nitrogens with one attached hydrogen (secondary N) is 1. The molecule has 1 heterocycles. The van der Waals surface area contributed by atoms with Gasteiger partial charge in [-0.1, -0.05) is 37.3 Å². The highest BCUT2D eigenvalue weighted by Crippen LogP contribution is 2.24. The van der Waals surface area contributed by atoms with Crippen LogP contribution in [0.4, 0.5) is 0 Å². The van der Waals surface area contributed by atoms with Crippen LogP contribution in [0.2, 0.25) is 0 Å². The lowest BCUT2D eigenvalue weighted by molar-refractivity contribution is -0.131. The summed E-state index contributed by atoms with van der Waals surface area (Å²) in [6, 6.07) is 1.79. The Hall–Kier alpha value is -1.45.